The second-order valence-corrected chi connectivity index (χ2v) is 7.10. The Balaban J connectivity index is 0.00000261. The normalized spacial score (nSPS) is 12.3. The van der Waals surface area contributed by atoms with Crippen molar-refractivity contribution in [2.45, 2.75) is 25.9 Å². The van der Waals surface area contributed by atoms with Crippen LogP contribution in [0.2, 0.25) is 0 Å². The largest absolute Gasteiger partial charge is 0.356 e. The van der Waals surface area contributed by atoms with Crippen LogP contribution in [-0.4, -0.2) is 29.1 Å². The van der Waals surface area contributed by atoms with E-state index in [-0.39, 0.29) is 24.0 Å². The summed E-state index contributed by atoms with van der Waals surface area (Å²) in [5, 5.41) is 11.1. The molecule has 2 heterocycles. The molecule has 0 bridgehead atoms. The molecule has 3 rings (SSSR count). The van der Waals surface area contributed by atoms with E-state index in [0.717, 1.165) is 25.6 Å². The first kappa shape index (κ1) is 21.4. The minimum Gasteiger partial charge on any atom is -0.356 e. The van der Waals surface area contributed by atoms with Crippen molar-refractivity contribution in [2.75, 3.05) is 13.6 Å². The molecule has 0 fully saturated rings. The van der Waals surface area contributed by atoms with Gasteiger partial charge in [0.05, 0.1) is 6.33 Å². The molecular weight excluding hydrogens is 469 g/mol. The summed E-state index contributed by atoms with van der Waals surface area (Å²) in [6.07, 6.45) is 5.62. The lowest BCUT2D eigenvalue weighted by Crippen LogP contribution is -2.38. The van der Waals surface area contributed by atoms with Gasteiger partial charge >= 0.3 is 0 Å². The van der Waals surface area contributed by atoms with Crippen molar-refractivity contribution in [3.63, 3.8) is 0 Å². The van der Waals surface area contributed by atoms with Gasteiger partial charge in [-0.25, -0.2) is 4.98 Å². The summed E-state index contributed by atoms with van der Waals surface area (Å²) in [6.45, 7) is 4.65. The first-order chi connectivity index (χ1) is 12.7. The number of guanidine groups is 1. The Bertz CT molecular complexity index is 815. The molecule has 0 aliphatic carbocycles. The van der Waals surface area contributed by atoms with E-state index in [9.17, 15) is 0 Å². The lowest BCUT2D eigenvalue weighted by atomic mass is 10.1. The van der Waals surface area contributed by atoms with Crippen LogP contribution < -0.4 is 10.6 Å². The first-order valence-corrected chi connectivity index (χ1v) is 9.69. The fraction of sp³-hybridized carbons (Fsp3) is 0.300. The van der Waals surface area contributed by atoms with E-state index in [0.29, 0.717) is 5.92 Å². The Morgan fingerprint density at radius 2 is 2.11 bits per heavy atom. The number of imidazole rings is 1. The Labute approximate surface area is 182 Å². The quantitative estimate of drug-likeness (QED) is 0.295. The molecule has 0 aliphatic heterocycles. The van der Waals surface area contributed by atoms with Crippen LogP contribution in [0.25, 0.3) is 0 Å². The molecule has 7 heteroatoms. The van der Waals surface area contributed by atoms with Gasteiger partial charge in [0, 0.05) is 39.1 Å². The Morgan fingerprint density at radius 1 is 1.26 bits per heavy atom. The highest BCUT2D eigenvalue weighted by Crippen LogP contribution is 2.17. The van der Waals surface area contributed by atoms with Crippen molar-refractivity contribution in [2.24, 2.45) is 4.99 Å². The number of hydrogen-bond acceptors (Lipinski definition) is 3. The maximum Gasteiger partial charge on any atom is 0.191 e. The van der Waals surface area contributed by atoms with Crippen molar-refractivity contribution < 1.29 is 0 Å². The van der Waals surface area contributed by atoms with E-state index in [4.69, 9.17) is 0 Å². The molecule has 144 valence electrons. The highest BCUT2D eigenvalue weighted by Gasteiger charge is 2.07. The molecular formula is C20H26IN5S. The second-order valence-electron chi connectivity index (χ2n) is 6.32. The molecule has 0 spiro atoms. The van der Waals surface area contributed by atoms with Gasteiger partial charge in [-0.3, -0.25) is 4.99 Å². The lowest BCUT2D eigenvalue weighted by molar-refractivity contribution is 0.700. The highest BCUT2D eigenvalue weighted by atomic mass is 127. The summed E-state index contributed by atoms with van der Waals surface area (Å²) in [4.78, 5) is 8.42. The molecule has 0 saturated heterocycles. The van der Waals surface area contributed by atoms with Crippen molar-refractivity contribution in [1.29, 1.82) is 0 Å². The number of nitrogens with one attached hydrogen (secondary N) is 2. The molecule has 5 nitrogen and oxygen atoms in total. The van der Waals surface area contributed by atoms with Crippen LogP contribution >= 0.6 is 35.3 Å². The number of hydrogen-bond donors (Lipinski definition) is 2. The molecule has 0 aliphatic rings. The summed E-state index contributed by atoms with van der Waals surface area (Å²) < 4.78 is 2.07. The molecule has 2 N–H and O–H groups in total. The average molecular weight is 495 g/mol. The molecule has 0 amide bonds. The van der Waals surface area contributed by atoms with Gasteiger partial charge in [-0.2, -0.15) is 11.3 Å². The molecule has 3 aromatic rings. The number of rotatable bonds is 7. The number of nitrogens with zero attached hydrogens (tertiary/aromatic N) is 3. The van der Waals surface area contributed by atoms with Crippen molar-refractivity contribution in [3.8, 4) is 0 Å². The van der Waals surface area contributed by atoms with Crippen molar-refractivity contribution in [1.82, 2.24) is 20.2 Å². The smallest absolute Gasteiger partial charge is 0.191 e. The number of benzene rings is 1. The summed E-state index contributed by atoms with van der Waals surface area (Å²) in [5.41, 5.74) is 3.86. The van der Waals surface area contributed by atoms with E-state index >= 15 is 0 Å². The minimum atomic E-state index is 0. The van der Waals surface area contributed by atoms with Gasteiger partial charge in [-0.15, -0.1) is 24.0 Å². The lowest BCUT2D eigenvalue weighted by Gasteiger charge is -2.16. The first-order valence-electron chi connectivity index (χ1n) is 8.75. The number of halogens is 1. The third-order valence-electron chi connectivity index (χ3n) is 4.29. The van der Waals surface area contributed by atoms with Gasteiger partial charge in [0.15, 0.2) is 5.96 Å². The fourth-order valence-corrected chi connectivity index (χ4v) is 3.54. The summed E-state index contributed by atoms with van der Waals surface area (Å²) >= 11 is 1.74. The summed E-state index contributed by atoms with van der Waals surface area (Å²) in [5.74, 6) is 1.28. The molecule has 0 radical (unpaired) electrons. The predicted octanol–water partition coefficient (Wildman–Crippen LogP) is 4.08. The van der Waals surface area contributed by atoms with Crippen LogP contribution in [-0.2, 0) is 13.1 Å². The van der Waals surface area contributed by atoms with Gasteiger partial charge < -0.3 is 15.2 Å². The molecule has 2 aromatic heterocycles. The van der Waals surface area contributed by atoms with E-state index < -0.39 is 0 Å². The molecule has 27 heavy (non-hydrogen) atoms. The Hall–Kier alpha value is -1.87. The maximum atomic E-state index is 4.32. The fourth-order valence-electron chi connectivity index (χ4n) is 2.76. The molecule has 0 saturated carbocycles. The van der Waals surface area contributed by atoms with Gasteiger partial charge in [0.1, 0.15) is 0 Å². The molecule has 1 unspecified atom stereocenters. The van der Waals surface area contributed by atoms with Crippen molar-refractivity contribution >= 4 is 41.3 Å². The average Bonchev–Trinajstić information content (AvgIpc) is 3.36. The van der Waals surface area contributed by atoms with Crippen LogP contribution in [0.1, 0.15) is 29.5 Å². The van der Waals surface area contributed by atoms with E-state index in [1.54, 1.807) is 24.6 Å². The van der Waals surface area contributed by atoms with Gasteiger partial charge in [0.2, 0.25) is 0 Å². The number of aliphatic imine (C=N–C) groups is 1. The van der Waals surface area contributed by atoms with Crippen LogP contribution in [0.15, 0.2) is 64.8 Å². The molecule has 1 atom stereocenters. The third-order valence-corrected chi connectivity index (χ3v) is 4.99. The van der Waals surface area contributed by atoms with Crippen molar-refractivity contribution in [3.05, 3.63) is 76.5 Å². The summed E-state index contributed by atoms with van der Waals surface area (Å²) in [7, 11) is 1.81. The number of aromatic nitrogens is 2. The maximum absolute atomic E-state index is 4.32. The van der Waals surface area contributed by atoms with E-state index in [1.807, 2.05) is 12.5 Å². The SMILES string of the molecule is CN=C(NCc1cccc(Cn2ccnc2)c1)NCC(C)c1ccsc1.I. The standard InChI is InChI=1S/C20H25N5S.HI/c1-16(19-6-9-26-14-19)11-23-20(21-2)24-12-17-4-3-5-18(10-17)13-25-8-7-22-15-25;/h3-10,14-16H,11-13H2,1-2H3,(H2,21,23,24);1H. The zero-order valence-corrected chi connectivity index (χ0v) is 18.8. The van der Waals surface area contributed by atoms with Gasteiger partial charge in [0.25, 0.3) is 0 Å². The summed E-state index contributed by atoms with van der Waals surface area (Å²) in [6, 6.07) is 10.8. The van der Waals surface area contributed by atoms with Crippen LogP contribution in [0.5, 0.6) is 0 Å². The second kappa shape index (κ2) is 11.1. The van der Waals surface area contributed by atoms with Gasteiger partial charge in [-0.05, 0) is 39.4 Å². The molecule has 1 aromatic carbocycles. The zero-order valence-electron chi connectivity index (χ0n) is 15.6. The Kier molecular flexibility index (Phi) is 8.80. The van der Waals surface area contributed by atoms with Crippen LogP contribution in [0, 0.1) is 0 Å². The monoisotopic (exact) mass is 495 g/mol. The predicted molar refractivity (Wildman–Crippen MR) is 124 cm³/mol. The minimum absolute atomic E-state index is 0. The topological polar surface area (TPSA) is 54.2 Å². The van der Waals surface area contributed by atoms with E-state index in [2.05, 4.69) is 73.2 Å². The van der Waals surface area contributed by atoms with Crippen LogP contribution in [0.3, 0.4) is 0 Å². The third kappa shape index (κ3) is 6.66. The Morgan fingerprint density at radius 3 is 2.81 bits per heavy atom. The number of thiophene rings is 1. The van der Waals surface area contributed by atoms with Gasteiger partial charge in [-0.1, -0.05) is 31.2 Å². The highest BCUT2D eigenvalue weighted by molar-refractivity contribution is 14.0. The zero-order chi connectivity index (χ0) is 18.2. The van der Waals surface area contributed by atoms with Crippen LogP contribution in [0.4, 0.5) is 0 Å². The van der Waals surface area contributed by atoms with E-state index in [1.165, 1.54) is 16.7 Å².